The predicted molar refractivity (Wildman–Crippen MR) is 103 cm³/mol. The summed E-state index contributed by atoms with van der Waals surface area (Å²) in [6.45, 7) is 0.0258. The molecule has 3 rings (SSSR count). The Morgan fingerprint density at radius 1 is 0.966 bits per heavy atom. The molecular formula is C17H10Cl3F2N5O2. The summed E-state index contributed by atoms with van der Waals surface area (Å²) >= 11 is 17.7. The number of hydrogen-bond acceptors (Lipinski definition) is 4. The van der Waals surface area contributed by atoms with Gasteiger partial charge in [0.25, 0.3) is 11.8 Å². The van der Waals surface area contributed by atoms with E-state index in [2.05, 4.69) is 25.8 Å². The maximum atomic E-state index is 13.3. The number of amides is 2. The van der Waals surface area contributed by atoms with Gasteiger partial charge < -0.3 is 10.6 Å². The molecule has 29 heavy (non-hydrogen) atoms. The third-order valence-corrected chi connectivity index (χ3v) is 4.66. The van der Waals surface area contributed by atoms with Gasteiger partial charge in [0.1, 0.15) is 5.82 Å². The summed E-state index contributed by atoms with van der Waals surface area (Å²) in [4.78, 5) is 28.2. The smallest absolute Gasteiger partial charge is 0.272 e. The minimum atomic E-state index is -1.22. The molecule has 0 bridgehead atoms. The van der Waals surface area contributed by atoms with Gasteiger partial charge in [0.05, 0.1) is 20.6 Å². The molecule has 0 unspecified atom stereocenters. The second-order valence-electron chi connectivity index (χ2n) is 5.63. The van der Waals surface area contributed by atoms with Crippen molar-refractivity contribution < 1.29 is 18.4 Å². The lowest BCUT2D eigenvalue weighted by Gasteiger charge is -2.07. The third kappa shape index (κ3) is 4.81. The van der Waals surface area contributed by atoms with Crippen molar-refractivity contribution in [3.8, 4) is 0 Å². The van der Waals surface area contributed by atoms with Gasteiger partial charge in [-0.25, -0.2) is 8.78 Å². The van der Waals surface area contributed by atoms with Crippen molar-refractivity contribution in [3.63, 3.8) is 0 Å². The van der Waals surface area contributed by atoms with E-state index in [1.165, 1.54) is 18.5 Å². The fourth-order valence-corrected chi connectivity index (χ4v) is 2.99. The van der Waals surface area contributed by atoms with Crippen molar-refractivity contribution in [1.29, 1.82) is 0 Å². The summed E-state index contributed by atoms with van der Waals surface area (Å²) in [5.41, 5.74) is 0.153. The topological polar surface area (TPSA) is 99.8 Å². The van der Waals surface area contributed by atoms with E-state index < -0.39 is 23.4 Å². The van der Waals surface area contributed by atoms with E-state index >= 15 is 0 Å². The van der Waals surface area contributed by atoms with Crippen LogP contribution in [-0.2, 0) is 6.54 Å². The Hall–Kier alpha value is -2.75. The Morgan fingerprint density at radius 2 is 1.62 bits per heavy atom. The maximum Gasteiger partial charge on any atom is 0.272 e. The summed E-state index contributed by atoms with van der Waals surface area (Å²) in [6, 6.07) is 2.60. The fraction of sp³-hybridized carbons (Fsp3) is 0.0588. The highest BCUT2D eigenvalue weighted by atomic mass is 35.5. The molecule has 0 saturated carbocycles. The number of hydrogen-bond donors (Lipinski definition) is 3. The molecular weight excluding hydrogens is 451 g/mol. The van der Waals surface area contributed by atoms with E-state index in [1.54, 1.807) is 0 Å². The Labute approximate surface area is 177 Å². The van der Waals surface area contributed by atoms with Crippen LogP contribution in [0.15, 0.2) is 30.6 Å². The van der Waals surface area contributed by atoms with Crippen LogP contribution in [0, 0.1) is 11.6 Å². The van der Waals surface area contributed by atoms with E-state index in [4.69, 9.17) is 34.8 Å². The quantitative estimate of drug-likeness (QED) is 0.496. The van der Waals surface area contributed by atoms with Crippen LogP contribution >= 0.6 is 34.8 Å². The first kappa shape index (κ1) is 21.0. The molecule has 0 aliphatic rings. The summed E-state index contributed by atoms with van der Waals surface area (Å²) in [7, 11) is 0. The molecule has 2 aromatic heterocycles. The number of rotatable bonds is 5. The number of pyridine rings is 1. The average Bonchev–Trinajstić information content (AvgIpc) is 3.12. The SMILES string of the molecule is O=C(NCc1c(Cl)cncc1Cl)c1cc(NC(=O)c2cc(F)c(F)cc2Cl)[nH]n1. The number of nitrogens with one attached hydrogen (secondary N) is 3. The van der Waals surface area contributed by atoms with Crippen LogP contribution in [0.3, 0.4) is 0 Å². The van der Waals surface area contributed by atoms with Crippen molar-refractivity contribution in [2.24, 2.45) is 0 Å². The number of benzene rings is 1. The highest BCUT2D eigenvalue weighted by molar-refractivity contribution is 6.35. The summed E-state index contributed by atoms with van der Waals surface area (Å²) in [6.07, 6.45) is 2.78. The van der Waals surface area contributed by atoms with E-state index in [-0.39, 0.29) is 38.7 Å². The van der Waals surface area contributed by atoms with Crippen molar-refractivity contribution >= 4 is 52.4 Å². The molecule has 7 nitrogen and oxygen atoms in total. The highest BCUT2D eigenvalue weighted by Gasteiger charge is 2.18. The second-order valence-corrected chi connectivity index (χ2v) is 6.85. The van der Waals surface area contributed by atoms with Crippen molar-refractivity contribution in [2.75, 3.05) is 5.32 Å². The van der Waals surface area contributed by atoms with Gasteiger partial charge in [0.15, 0.2) is 17.3 Å². The van der Waals surface area contributed by atoms with Crippen LogP contribution < -0.4 is 10.6 Å². The Balaban J connectivity index is 1.67. The van der Waals surface area contributed by atoms with E-state index in [1.807, 2.05) is 0 Å². The van der Waals surface area contributed by atoms with Gasteiger partial charge in [-0.2, -0.15) is 5.10 Å². The summed E-state index contributed by atoms with van der Waals surface area (Å²) < 4.78 is 26.5. The van der Waals surface area contributed by atoms with Crippen LogP contribution in [0.2, 0.25) is 15.1 Å². The molecule has 12 heteroatoms. The molecule has 0 aliphatic heterocycles. The summed E-state index contributed by atoms with van der Waals surface area (Å²) in [5, 5.41) is 11.4. The first-order chi connectivity index (χ1) is 13.8. The van der Waals surface area contributed by atoms with Crippen molar-refractivity contribution in [1.82, 2.24) is 20.5 Å². The van der Waals surface area contributed by atoms with Gasteiger partial charge in [0, 0.05) is 30.6 Å². The number of carbonyl (C=O) groups excluding carboxylic acids is 2. The van der Waals surface area contributed by atoms with Gasteiger partial charge in [-0.3, -0.25) is 19.7 Å². The number of anilines is 1. The second kappa shape index (κ2) is 8.73. The average molecular weight is 461 g/mol. The normalized spacial score (nSPS) is 10.7. The molecule has 0 saturated heterocycles. The Morgan fingerprint density at radius 3 is 2.31 bits per heavy atom. The van der Waals surface area contributed by atoms with Gasteiger partial charge >= 0.3 is 0 Å². The minimum Gasteiger partial charge on any atom is -0.346 e. The zero-order valence-electron chi connectivity index (χ0n) is 14.2. The molecule has 3 N–H and O–H groups in total. The number of aromatic amines is 1. The fourth-order valence-electron chi connectivity index (χ4n) is 2.25. The minimum absolute atomic E-state index is 0.0258. The standard InChI is InChI=1S/C17H10Cl3F2N5O2/c18-9-2-13(22)12(21)1-7(9)16(28)25-15-3-14(26-27-15)17(29)24-4-8-10(19)5-23-6-11(8)20/h1-3,5-6H,4H2,(H,24,29)(H2,25,26,27,28). The molecule has 0 aliphatic carbocycles. The number of nitrogens with zero attached hydrogens (tertiary/aromatic N) is 2. The number of H-pyrrole nitrogens is 1. The van der Waals surface area contributed by atoms with Crippen molar-refractivity contribution in [2.45, 2.75) is 6.54 Å². The third-order valence-electron chi connectivity index (χ3n) is 3.69. The molecule has 2 heterocycles. The monoisotopic (exact) mass is 459 g/mol. The lowest BCUT2D eigenvalue weighted by atomic mass is 10.2. The van der Waals surface area contributed by atoms with Gasteiger partial charge in [0.2, 0.25) is 0 Å². The number of carbonyl (C=O) groups is 2. The molecule has 0 atom stereocenters. The maximum absolute atomic E-state index is 13.3. The molecule has 0 radical (unpaired) electrons. The van der Waals surface area contributed by atoms with Crippen LogP contribution in [-0.4, -0.2) is 27.0 Å². The van der Waals surface area contributed by atoms with E-state index in [0.717, 1.165) is 0 Å². The summed E-state index contributed by atoms with van der Waals surface area (Å²) in [5.74, 6) is -3.75. The highest BCUT2D eigenvalue weighted by Crippen LogP contribution is 2.23. The van der Waals surface area contributed by atoms with E-state index in [0.29, 0.717) is 17.7 Å². The lowest BCUT2D eigenvalue weighted by molar-refractivity contribution is 0.0945. The molecule has 2 amide bonds. The van der Waals surface area contributed by atoms with Crippen LogP contribution in [0.25, 0.3) is 0 Å². The molecule has 0 spiro atoms. The van der Waals surface area contributed by atoms with Gasteiger partial charge in [-0.05, 0) is 12.1 Å². The molecule has 3 aromatic rings. The number of aromatic nitrogens is 3. The molecule has 150 valence electrons. The molecule has 0 fully saturated rings. The number of halogens is 5. The largest absolute Gasteiger partial charge is 0.346 e. The van der Waals surface area contributed by atoms with Crippen LogP contribution in [0.4, 0.5) is 14.6 Å². The van der Waals surface area contributed by atoms with Crippen LogP contribution in [0.1, 0.15) is 26.4 Å². The first-order valence-corrected chi connectivity index (χ1v) is 8.97. The Kier molecular flexibility index (Phi) is 6.31. The lowest BCUT2D eigenvalue weighted by Crippen LogP contribution is -2.23. The van der Waals surface area contributed by atoms with Gasteiger partial charge in [-0.1, -0.05) is 34.8 Å². The predicted octanol–water partition coefficient (Wildman–Crippen LogP) is 4.23. The van der Waals surface area contributed by atoms with E-state index in [9.17, 15) is 18.4 Å². The molecule has 1 aromatic carbocycles. The van der Waals surface area contributed by atoms with Gasteiger partial charge in [-0.15, -0.1) is 0 Å². The first-order valence-electron chi connectivity index (χ1n) is 7.83. The van der Waals surface area contributed by atoms with Crippen LogP contribution in [0.5, 0.6) is 0 Å². The van der Waals surface area contributed by atoms with Crippen molar-refractivity contribution in [3.05, 3.63) is 74.1 Å². The zero-order valence-corrected chi connectivity index (χ0v) is 16.5. The Bertz CT molecular complexity index is 1090. The zero-order chi connectivity index (χ0) is 21.1.